The Hall–Kier alpha value is -1.30. The minimum atomic E-state index is -1.82. The Morgan fingerprint density at radius 3 is 2.92 bits per heavy atom. The highest BCUT2D eigenvalue weighted by atomic mass is 16.4. The lowest BCUT2D eigenvalue weighted by molar-refractivity contribution is -0.169. The molecule has 0 aromatic rings. The molecule has 0 amide bonds. The molecular formula is C6H11N3O3. The molecule has 0 saturated carbocycles. The van der Waals surface area contributed by atoms with E-state index in [0.29, 0.717) is 13.0 Å². The van der Waals surface area contributed by atoms with Crippen molar-refractivity contribution in [3.8, 4) is 0 Å². The molecule has 1 aliphatic heterocycles. The van der Waals surface area contributed by atoms with Crippen molar-refractivity contribution in [2.24, 2.45) is 10.9 Å². The predicted molar refractivity (Wildman–Crippen MR) is 41.2 cm³/mol. The van der Waals surface area contributed by atoms with Crippen molar-refractivity contribution in [2.45, 2.75) is 18.6 Å². The van der Waals surface area contributed by atoms with Crippen LogP contribution in [-0.2, 0) is 4.79 Å². The standard InChI is InChI=1S/C6H11N3O3/c7-8-4-9-3-1-2-6(9,12)5(10)11/h4,12H,1-3,7H2,(H,10,11)/b8-4+/t6-/m1/s1. The van der Waals surface area contributed by atoms with Gasteiger partial charge in [-0.25, -0.2) is 4.79 Å². The average molecular weight is 173 g/mol. The summed E-state index contributed by atoms with van der Waals surface area (Å²) in [7, 11) is 0. The third kappa shape index (κ3) is 1.20. The second kappa shape index (κ2) is 2.98. The van der Waals surface area contributed by atoms with Gasteiger partial charge in [-0.15, -0.1) is 0 Å². The molecule has 6 nitrogen and oxygen atoms in total. The Labute approximate surface area is 69.3 Å². The maximum atomic E-state index is 10.6. The fraction of sp³-hybridized carbons (Fsp3) is 0.667. The highest BCUT2D eigenvalue weighted by molar-refractivity contribution is 5.80. The molecule has 1 aliphatic rings. The zero-order chi connectivity index (χ0) is 9.19. The molecule has 1 heterocycles. The number of nitrogens with two attached hydrogens (primary N) is 1. The zero-order valence-electron chi connectivity index (χ0n) is 6.47. The monoisotopic (exact) mass is 173 g/mol. The maximum absolute atomic E-state index is 10.6. The number of nitrogens with zero attached hydrogens (tertiary/aromatic N) is 2. The molecular weight excluding hydrogens is 162 g/mol. The van der Waals surface area contributed by atoms with Crippen LogP contribution in [0.5, 0.6) is 0 Å². The van der Waals surface area contributed by atoms with Gasteiger partial charge in [0.2, 0.25) is 5.72 Å². The number of hydrogen-bond acceptors (Lipinski definition) is 4. The molecule has 0 radical (unpaired) electrons. The van der Waals surface area contributed by atoms with Crippen LogP contribution >= 0.6 is 0 Å². The fourth-order valence-electron chi connectivity index (χ4n) is 1.29. The van der Waals surface area contributed by atoms with E-state index in [1.54, 1.807) is 0 Å². The van der Waals surface area contributed by atoms with Crippen LogP contribution in [0.2, 0.25) is 0 Å². The van der Waals surface area contributed by atoms with Crippen LogP contribution in [0, 0.1) is 0 Å². The van der Waals surface area contributed by atoms with Gasteiger partial charge in [0.15, 0.2) is 0 Å². The molecule has 4 N–H and O–H groups in total. The van der Waals surface area contributed by atoms with E-state index in [1.807, 2.05) is 0 Å². The molecule has 0 unspecified atom stereocenters. The first kappa shape index (κ1) is 8.79. The van der Waals surface area contributed by atoms with Gasteiger partial charge in [-0.2, -0.15) is 5.10 Å². The fourth-order valence-corrected chi connectivity index (χ4v) is 1.29. The number of carbonyl (C=O) groups is 1. The molecule has 1 fully saturated rings. The highest BCUT2D eigenvalue weighted by Gasteiger charge is 2.45. The van der Waals surface area contributed by atoms with Crippen molar-refractivity contribution in [1.29, 1.82) is 0 Å². The number of likely N-dealkylation sites (tertiary alicyclic amines) is 1. The van der Waals surface area contributed by atoms with E-state index in [9.17, 15) is 9.90 Å². The molecule has 1 rings (SSSR count). The largest absolute Gasteiger partial charge is 0.478 e. The van der Waals surface area contributed by atoms with Gasteiger partial charge < -0.3 is 21.0 Å². The second-order valence-electron chi connectivity index (χ2n) is 2.68. The van der Waals surface area contributed by atoms with Gasteiger partial charge in [-0.1, -0.05) is 0 Å². The van der Waals surface area contributed by atoms with Crippen LogP contribution in [0.4, 0.5) is 0 Å². The number of hydrazone groups is 1. The summed E-state index contributed by atoms with van der Waals surface area (Å²) < 4.78 is 0. The topological polar surface area (TPSA) is 99.1 Å². The van der Waals surface area contributed by atoms with Gasteiger partial charge in [0.25, 0.3) is 0 Å². The van der Waals surface area contributed by atoms with E-state index in [4.69, 9.17) is 10.9 Å². The zero-order valence-corrected chi connectivity index (χ0v) is 6.47. The summed E-state index contributed by atoms with van der Waals surface area (Å²) >= 11 is 0. The van der Waals surface area contributed by atoms with Gasteiger partial charge in [0, 0.05) is 13.0 Å². The SMILES string of the molecule is N/N=C/N1CCC[C@@]1(O)C(=O)O. The van der Waals surface area contributed by atoms with Gasteiger partial charge >= 0.3 is 5.97 Å². The number of carboxylic acids is 1. The van der Waals surface area contributed by atoms with E-state index in [-0.39, 0.29) is 6.42 Å². The van der Waals surface area contributed by atoms with Gasteiger partial charge in [0.1, 0.15) is 6.34 Å². The Balaban J connectivity index is 2.81. The Kier molecular flexibility index (Phi) is 2.18. The quantitative estimate of drug-likeness (QED) is 0.210. The number of aliphatic hydroxyl groups is 1. The van der Waals surface area contributed by atoms with Crippen LogP contribution in [-0.4, -0.2) is 39.7 Å². The van der Waals surface area contributed by atoms with Crippen LogP contribution in [0.3, 0.4) is 0 Å². The first-order chi connectivity index (χ1) is 5.61. The lowest BCUT2D eigenvalue weighted by Crippen LogP contribution is -2.49. The van der Waals surface area contributed by atoms with Crippen LogP contribution in [0.25, 0.3) is 0 Å². The summed E-state index contributed by atoms with van der Waals surface area (Å²) in [5.41, 5.74) is -1.82. The van der Waals surface area contributed by atoms with Crippen LogP contribution in [0.15, 0.2) is 5.10 Å². The Morgan fingerprint density at radius 2 is 2.42 bits per heavy atom. The molecule has 1 atom stereocenters. The first-order valence-electron chi connectivity index (χ1n) is 3.57. The van der Waals surface area contributed by atoms with Crippen molar-refractivity contribution >= 4 is 12.3 Å². The number of carboxylic acid groups (broad SMARTS) is 1. The number of rotatable bonds is 2. The van der Waals surface area contributed by atoms with E-state index in [1.165, 1.54) is 4.90 Å². The summed E-state index contributed by atoms with van der Waals surface area (Å²) in [5, 5.41) is 21.4. The summed E-state index contributed by atoms with van der Waals surface area (Å²) in [6.45, 7) is 0.462. The Bertz CT molecular complexity index is 218. The van der Waals surface area contributed by atoms with Crippen LogP contribution in [0.1, 0.15) is 12.8 Å². The predicted octanol–water partition coefficient (Wildman–Crippen LogP) is -1.24. The number of aliphatic carboxylic acids is 1. The van der Waals surface area contributed by atoms with Crippen molar-refractivity contribution < 1.29 is 15.0 Å². The smallest absolute Gasteiger partial charge is 0.357 e. The minimum Gasteiger partial charge on any atom is -0.478 e. The third-order valence-corrected chi connectivity index (χ3v) is 1.95. The van der Waals surface area contributed by atoms with Gasteiger partial charge in [-0.3, -0.25) is 0 Å². The first-order valence-corrected chi connectivity index (χ1v) is 3.57. The third-order valence-electron chi connectivity index (χ3n) is 1.95. The van der Waals surface area contributed by atoms with Gasteiger partial charge in [-0.05, 0) is 6.42 Å². The molecule has 0 aromatic carbocycles. The lowest BCUT2D eigenvalue weighted by Gasteiger charge is -2.26. The van der Waals surface area contributed by atoms with Crippen molar-refractivity contribution in [3.63, 3.8) is 0 Å². The summed E-state index contributed by atoms with van der Waals surface area (Å²) in [4.78, 5) is 11.8. The summed E-state index contributed by atoms with van der Waals surface area (Å²) in [6, 6.07) is 0. The van der Waals surface area contributed by atoms with Crippen molar-refractivity contribution in [3.05, 3.63) is 0 Å². The van der Waals surface area contributed by atoms with Gasteiger partial charge in [0.05, 0.1) is 0 Å². The highest BCUT2D eigenvalue weighted by Crippen LogP contribution is 2.25. The van der Waals surface area contributed by atoms with E-state index < -0.39 is 11.7 Å². The molecule has 68 valence electrons. The van der Waals surface area contributed by atoms with Crippen LogP contribution < -0.4 is 5.84 Å². The molecule has 0 spiro atoms. The molecule has 0 aromatic heterocycles. The maximum Gasteiger partial charge on any atom is 0.357 e. The minimum absolute atomic E-state index is 0.203. The average Bonchev–Trinajstić information content (AvgIpc) is 2.35. The lowest BCUT2D eigenvalue weighted by atomic mass is 10.1. The normalized spacial score (nSPS) is 29.9. The molecule has 1 saturated heterocycles. The summed E-state index contributed by atoms with van der Waals surface area (Å²) in [6.07, 6.45) is 1.96. The number of hydrogen-bond donors (Lipinski definition) is 3. The van der Waals surface area contributed by atoms with Crippen molar-refractivity contribution in [2.75, 3.05) is 6.54 Å². The molecule has 0 bridgehead atoms. The molecule has 6 heteroatoms. The summed E-state index contributed by atoms with van der Waals surface area (Å²) in [5.74, 6) is 3.59. The van der Waals surface area contributed by atoms with E-state index >= 15 is 0 Å². The molecule has 0 aliphatic carbocycles. The molecule has 12 heavy (non-hydrogen) atoms. The van der Waals surface area contributed by atoms with Crippen molar-refractivity contribution in [1.82, 2.24) is 4.90 Å². The van der Waals surface area contributed by atoms with E-state index in [0.717, 1.165) is 6.34 Å². The Morgan fingerprint density at radius 1 is 1.75 bits per heavy atom. The van der Waals surface area contributed by atoms with E-state index in [2.05, 4.69) is 5.10 Å². The second-order valence-corrected chi connectivity index (χ2v) is 2.68.